The number of nitrogens with one attached hydrogen (secondary N) is 1. The molecule has 0 unspecified atom stereocenters. The van der Waals surface area contributed by atoms with Crippen LogP contribution < -0.4 is 5.73 Å². The molecule has 0 fully saturated rings. The summed E-state index contributed by atoms with van der Waals surface area (Å²) in [7, 11) is 0. The minimum Gasteiger partial charge on any atom is -0.384 e. The molecule has 94 valence electrons. The van der Waals surface area contributed by atoms with Crippen LogP contribution in [0, 0.1) is 33.1 Å². The normalized spacial score (nSPS) is 10.7. The van der Waals surface area contributed by atoms with Crippen LogP contribution in [0.3, 0.4) is 0 Å². The Morgan fingerprint density at radius 2 is 1.89 bits per heavy atom. The number of pyridine rings is 1. The summed E-state index contributed by atoms with van der Waals surface area (Å²) < 4.78 is 1.63. The number of amidine groups is 1. The summed E-state index contributed by atoms with van der Waals surface area (Å²) in [5.41, 5.74) is 8.02. The summed E-state index contributed by atoms with van der Waals surface area (Å²) in [6.45, 7) is 7.48. The third-order valence-electron chi connectivity index (χ3n) is 2.67. The molecule has 0 atom stereocenters. The monoisotopic (exact) mass is 244 g/mol. The van der Waals surface area contributed by atoms with Gasteiger partial charge in [-0.2, -0.15) is 4.68 Å². The number of aryl methyl sites for hydroxylation is 4. The third-order valence-corrected chi connectivity index (χ3v) is 2.67. The van der Waals surface area contributed by atoms with Crippen molar-refractivity contribution >= 4 is 5.84 Å². The highest BCUT2D eigenvalue weighted by Crippen LogP contribution is 2.18. The Hall–Kier alpha value is -2.24. The second kappa shape index (κ2) is 4.21. The molecular formula is C12H16N6. The molecule has 0 aliphatic heterocycles. The van der Waals surface area contributed by atoms with E-state index in [0.29, 0.717) is 17.2 Å². The molecule has 6 nitrogen and oxygen atoms in total. The summed E-state index contributed by atoms with van der Waals surface area (Å²) in [4.78, 5) is 8.69. The number of hydrogen-bond donors (Lipinski definition) is 2. The van der Waals surface area contributed by atoms with E-state index >= 15 is 0 Å². The predicted molar refractivity (Wildman–Crippen MR) is 69.1 cm³/mol. The zero-order chi connectivity index (χ0) is 13.4. The minimum atomic E-state index is -0.0115. The Morgan fingerprint density at radius 1 is 1.22 bits per heavy atom. The number of rotatable bonds is 2. The van der Waals surface area contributed by atoms with Crippen LogP contribution in [0.2, 0.25) is 0 Å². The largest absolute Gasteiger partial charge is 0.384 e. The summed E-state index contributed by atoms with van der Waals surface area (Å²) >= 11 is 0. The fourth-order valence-corrected chi connectivity index (χ4v) is 2.02. The molecule has 2 aromatic rings. The Morgan fingerprint density at radius 3 is 2.39 bits per heavy atom. The van der Waals surface area contributed by atoms with Crippen molar-refractivity contribution < 1.29 is 0 Å². The first-order valence-corrected chi connectivity index (χ1v) is 5.63. The zero-order valence-electron chi connectivity index (χ0n) is 10.9. The fourth-order valence-electron chi connectivity index (χ4n) is 2.02. The highest BCUT2D eigenvalue weighted by molar-refractivity contribution is 5.99. The number of aromatic nitrogens is 4. The number of nitrogens with zero attached hydrogens (tertiary/aromatic N) is 4. The van der Waals surface area contributed by atoms with E-state index in [4.69, 9.17) is 11.1 Å². The molecule has 3 N–H and O–H groups in total. The van der Waals surface area contributed by atoms with E-state index in [1.54, 1.807) is 4.68 Å². The molecule has 0 aromatic carbocycles. The van der Waals surface area contributed by atoms with E-state index in [9.17, 15) is 0 Å². The van der Waals surface area contributed by atoms with Gasteiger partial charge in [0.25, 0.3) is 0 Å². The van der Waals surface area contributed by atoms with Crippen LogP contribution >= 0.6 is 0 Å². The van der Waals surface area contributed by atoms with Gasteiger partial charge in [-0.25, -0.2) is 9.97 Å². The molecule has 0 bridgehead atoms. The molecule has 0 aliphatic carbocycles. The lowest BCUT2D eigenvalue weighted by atomic mass is 10.1. The maximum atomic E-state index is 7.69. The van der Waals surface area contributed by atoms with E-state index in [0.717, 1.165) is 17.1 Å². The molecule has 0 saturated carbocycles. The quantitative estimate of drug-likeness (QED) is 0.612. The maximum Gasteiger partial charge on any atom is 0.167 e. The van der Waals surface area contributed by atoms with Crippen LogP contribution in [-0.2, 0) is 0 Å². The average molecular weight is 244 g/mol. The van der Waals surface area contributed by atoms with Gasteiger partial charge in [0, 0.05) is 5.69 Å². The van der Waals surface area contributed by atoms with Gasteiger partial charge in [0.2, 0.25) is 0 Å². The molecule has 18 heavy (non-hydrogen) atoms. The zero-order valence-corrected chi connectivity index (χ0v) is 10.9. The van der Waals surface area contributed by atoms with Crippen LogP contribution in [0.5, 0.6) is 0 Å². The Kier molecular flexibility index (Phi) is 2.86. The molecule has 2 heterocycles. The van der Waals surface area contributed by atoms with Gasteiger partial charge >= 0.3 is 0 Å². The van der Waals surface area contributed by atoms with E-state index in [1.165, 1.54) is 0 Å². The highest BCUT2D eigenvalue weighted by atomic mass is 15.4. The second-order valence-electron chi connectivity index (χ2n) is 4.31. The molecule has 0 saturated heterocycles. The van der Waals surface area contributed by atoms with Gasteiger partial charge in [-0.15, -0.1) is 5.10 Å². The summed E-state index contributed by atoms with van der Waals surface area (Å²) in [5, 5.41) is 12.0. The Labute approximate surface area is 105 Å². The van der Waals surface area contributed by atoms with Crippen molar-refractivity contribution in [2.24, 2.45) is 5.73 Å². The highest BCUT2D eigenvalue weighted by Gasteiger charge is 2.16. The van der Waals surface area contributed by atoms with Gasteiger partial charge in [-0.1, -0.05) is 0 Å². The van der Waals surface area contributed by atoms with Crippen molar-refractivity contribution in [2.45, 2.75) is 27.7 Å². The lowest BCUT2D eigenvalue weighted by Gasteiger charge is -2.12. The number of nitrogens with two attached hydrogens (primary N) is 1. The van der Waals surface area contributed by atoms with E-state index < -0.39 is 0 Å². The lowest BCUT2D eigenvalue weighted by Crippen LogP contribution is -2.19. The van der Waals surface area contributed by atoms with Crippen molar-refractivity contribution in [1.82, 2.24) is 19.7 Å². The van der Waals surface area contributed by atoms with Gasteiger partial charge in [0.15, 0.2) is 5.82 Å². The molecule has 2 rings (SSSR count). The standard InChI is InChI=1S/C12H16N6/c1-6-5-7(2)15-12(10(6)11(13)14)18-9(4)16-8(3)17-18/h5H,1-4H3,(H3,13,14). The van der Waals surface area contributed by atoms with Crippen molar-refractivity contribution in [3.63, 3.8) is 0 Å². The first-order chi connectivity index (χ1) is 8.40. The molecule has 6 heteroatoms. The van der Waals surface area contributed by atoms with E-state index in [1.807, 2.05) is 33.8 Å². The van der Waals surface area contributed by atoms with Gasteiger partial charge < -0.3 is 5.73 Å². The minimum absolute atomic E-state index is 0.0115. The van der Waals surface area contributed by atoms with Crippen LogP contribution in [0.4, 0.5) is 0 Å². The first kappa shape index (κ1) is 12.2. The number of nitrogen functional groups attached to an aromatic ring is 1. The molecule has 2 aromatic heterocycles. The van der Waals surface area contributed by atoms with Crippen LogP contribution in [-0.4, -0.2) is 25.6 Å². The molecular weight excluding hydrogens is 228 g/mol. The van der Waals surface area contributed by atoms with Crippen molar-refractivity contribution in [3.05, 3.63) is 34.5 Å². The summed E-state index contributed by atoms with van der Waals surface area (Å²) in [6.07, 6.45) is 0. The van der Waals surface area contributed by atoms with E-state index in [-0.39, 0.29) is 5.84 Å². The smallest absolute Gasteiger partial charge is 0.167 e. The lowest BCUT2D eigenvalue weighted by molar-refractivity contribution is 0.795. The molecule has 0 aliphatic rings. The SMILES string of the molecule is Cc1cc(C)c(C(=N)N)c(-n2nc(C)nc2C)n1. The molecule has 0 spiro atoms. The van der Waals surface area contributed by atoms with Gasteiger partial charge in [-0.3, -0.25) is 5.41 Å². The Bertz CT molecular complexity index is 626. The summed E-state index contributed by atoms with van der Waals surface area (Å²) in [5.74, 6) is 1.95. The van der Waals surface area contributed by atoms with Crippen molar-refractivity contribution in [2.75, 3.05) is 0 Å². The van der Waals surface area contributed by atoms with Crippen LogP contribution in [0.25, 0.3) is 5.82 Å². The maximum absolute atomic E-state index is 7.69. The fraction of sp³-hybridized carbons (Fsp3) is 0.333. The molecule has 0 amide bonds. The Balaban J connectivity index is 2.77. The van der Waals surface area contributed by atoms with Gasteiger partial charge in [-0.05, 0) is 39.3 Å². The van der Waals surface area contributed by atoms with Gasteiger partial charge in [0.1, 0.15) is 17.5 Å². The van der Waals surface area contributed by atoms with Crippen molar-refractivity contribution in [3.8, 4) is 5.82 Å². The third kappa shape index (κ3) is 1.97. The van der Waals surface area contributed by atoms with Gasteiger partial charge in [0.05, 0.1) is 5.56 Å². The topological polar surface area (TPSA) is 93.5 Å². The number of hydrogen-bond acceptors (Lipinski definition) is 4. The van der Waals surface area contributed by atoms with Crippen LogP contribution in [0.1, 0.15) is 28.5 Å². The molecule has 0 radical (unpaired) electrons. The summed E-state index contributed by atoms with van der Waals surface area (Å²) in [6, 6.07) is 1.90. The predicted octanol–water partition coefficient (Wildman–Crippen LogP) is 1.18. The first-order valence-electron chi connectivity index (χ1n) is 5.63. The average Bonchev–Trinajstić information content (AvgIpc) is 2.55. The van der Waals surface area contributed by atoms with Crippen LogP contribution in [0.15, 0.2) is 6.07 Å². The van der Waals surface area contributed by atoms with Crippen molar-refractivity contribution in [1.29, 1.82) is 5.41 Å². The second-order valence-corrected chi connectivity index (χ2v) is 4.31. The van der Waals surface area contributed by atoms with E-state index in [2.05, 4.69) is 15.1 Å².